The molecule has 0 bridgehead atoms. The predicted octanol–water partition coefficient (Wildman–Crippen LogP) is 6.54. The van der Waals surface area contributed by atoms with Gasteiger partial charge in [-0.25, -0.2) is 9.59 Å². The van der Waals surface area contributed by atoms with Gasteiger partial charge in [0.2, 0.25) is 0 Å². The number of amides is 1. The Morgan fingerprint density at radius 3 is 2.14 bits per heavy atom. The van der Waals surface area contributed by atoms with Crippen LogP contribution in [0.25, 0.3) is 11.1 Å². The molecule has 7 heteroatoms. The molecule has 3 aromatic rings. The fourth-order valence-electron chi connectivity index (χ4n) is 7.74. The van der Waals surface area contributed by atoms with E-state index in [9.17, 15) is 14.4 Å². The van der Waals surface area contributed by atoms with Crippen LogP contribution in [-0.2, 0) is 25.7 Å². The van der Waals surface area contributed by atoms with Gasteiger partial charge in [-0.15, -0.1) is 0 Å². The first-order valence-electron chi connectivity index (χ1n) is 16.1. The second-order valence-electron chi connectivity index (χ2n) is 12.5. The molecular weight excluding hydrogens is 552 g/mol. The number of esters is 1. The Labute approximate surface area is 259 Å². The van der Waals surface area contributed by atoms with Crippen molar-refractivity contribution in [1.29, 1.82) is 0 Å². The SMILES string of the molecule is C[C@H](NC(=O)OCC1c2ccccc2-c2ccccc21)C(=O)C1(C(=O)OCc2ccccc2)NCCCC1C1CCCCC1. The van der Waals surface area contributed by atoms with Gasteiger partial charge in [-0.05, 0) is 66.0 Å². The summed E-state index contributed by atoms with van der Waals surface area (Å²) in [7, 11) is 0. The van der Waals surface area contributed by atoms with Crippen molar-refractivity contribution in [3.8, 4) is 11.1 Å². The van der Waals surface area contributed by atoms with Gasteiger partial charge in [0, 0.05) is 5.92 Å². The van der Waals surface area contributed by atoms with Gasteiger partial charge >= 0.3 is 12.1 Å². The normalized spacial score (nSPS) is 22.3. The van der Waals surface area contributed by atoms with Crippen molar-refractivity contribution in [2.75, 3.05) is 13.2 Å². The number of Topliss-reactive ketones (excluding diaryl/α,β-unsaturated/α-hetero) is 1. The van der Waals surface area contributed by atoms with Crippen LogP contribution in [0.3, 0.4) is 0 Å². The molecule has 44 heavy (non-hydrogen) atoms. The van der Waals surface area contributed by atoms with Crippen molar-refractivity contribution in [2.24, 2.45) is 11.8 Å². The summed E-state index contributed by atoms with van der Waals surface area (Å²) < 4.78 is 11.6. The second kappa shape index (κ2) is 13.3. The van der Waals surface area contributed by atoms with Gasteiger partial charge in [-0.1, -0.05) is 111 Å². The van der Waals surface area contributed by atoms with Crippen LogP contribution < -0.4 is 10.6 Å². The van der Waals surface area contributed by atoms with Gasteiger partial charge in [0.25, 0.3) is 0 Å². The standard InChI is InChI=1S/C37H42N2O5/c1-25(39-36(42)44-24-32-30-19-10-8-17-28(30)29-18-9-11-20-31(29)32)34(40)37(35(41)43-23-26-13-4-2-5-14-26)33(21-12-22-38-37)27-15-6-3-7-16-27/h2,4-5,8-11,13-14,17-20,25,27,32-33,38H,3,6-7,12,15-16,21-24H2,1H3,(H,39,42)/t25-,33?,37?/m0/s1. The summed E-state index contributed by atoms with van der Waals surface area (Å²) in [5, 5.41) is 6.12. The van der Waals surface area contributed by atoms with E-state index in [1.54, 1.807) is 6.92 Å². The van der Waals surface area contributed by atoms with Crippen molar-refractivity contribution in [3.05, 3.63) is 95.6 Å². The average Bonchev–Trinajstić information content (AvgIpc) is 3.40. The van der Waals surface area contributed by atoms with Crippen LogP contribution in [0.2, 0.25) is 0 Å². The molecule has 2 fully saturated rings. The third kappa shape index (κ3) is 5.90. The maximum absolute atomic E-state index is 14.4. The van der Waals surface area contributed by atoms with E-state index in [0.29, 0.717) is 6.54 Å². The molecule has 230 valence electrons. The van der Waals surface area contributed by atoms with Crippen molar-refractivity contribution in [3.63, 3.8) is 0 Å². The Hall–Kier alpha value is -3.97. The third-order valence-electron chi connectivity index (χ3n) is 9.87. The van der Waals surface area contributed by atoms with E-state index in [1.165, 1.54) is 6.42 Å². The number of rotatable bonds is 9. The minimum Gasteiger partial charge on any atom is -0.459 e. The van der Waals surface area contributed by atoms with Crippen molar-refractivity contribution in [2.45, 2.75) is 76.0 Å². The van der Waals surface area contributed by atoms with Crippen LogP contribution in [0.4, 0.5) is 4.79 Å². The highest BCUT2D eigenvalue weighted by molar-refractivity contribution is 6.11. The lowest BCUT2D eigenvalue weighted by Gasteiger charge is -2.47. The first kappa shape index (κ1) is 30.1. The number of fused-ring (bicyclic) bond motifs is 3. The molecule has 3 aliphatic rings. The van der Waals surface area contributed by atoms with Crippen LogP contribution in [0.15, 0.2) is 78.9 Å². The van der Waals surface area contributed by atoms with Gasteiger partial charge in [0.05, 0.1) is 6.04 Å². The van der Waals surface area contributed by atoms with E-state index in [4.69, 9.17) is 9.47 Å². The summed E-state index contributed by atoms with van der Waals surface area (Å²) in [6, 6.07) is 24.9. The molecule has 0 radical (unpaired) electrons. The van der Waals surface area contributed by atoms with Crippen molar-refractivity contribution >= 4 is 17.8 Å². The molecule has 6 rings (SSSR count). The molecule has 3 aromatic carbocycles. The number of piperidine rings is 1. The predicted molar refractivity (Wildman–Crippen MR) is 169 cm³/mol. The average molecular weight is 595 g/mol. The minimum absolute atomic E-state index is 0.0853. The summed E-state index contributed by atoms with van der Waals surface area (Å²) in [5.41, 5.74) is 3.87. The van der Waals surface area contributed by atoms with Gasteiger partial charge in [-0.3, -0.25) is 10.1 Å². The Kier molecular flexibility index (Phi) is 9.12. The van der Waals surface area contributed by atoms with Crippen LogP contribution in [0.5, 0.6) is 0 Å². The number of nitrogens with one attached hydrogen (secondary N) is 2. The smallest absolute Gasteiger partial charge is 0.407 e. The van der Waals surface area contributed by atoms with Crippen LogP contribution in [0.1, 0.15) is 74.5 Å². The summed E-state index contributed by atoms with van der Waals surface area (Å²) >= 11 is 0. The summed E-state index contributed by atoms with van der Waals surface area (Å²) in [5.74, 6) is -0.957. The van der Waals surface area contributed by atoms with Gasteiger partial charge in [0.1, 0.15) is 13.2 Å². The van der Waals surface area contributed by atoms with E-state index in [2.05, 4.69) is 34.9 Å². The number of benzene rings is 3. The topological polar surface area (TPSA) is 93.7 Å². The molecular formula is C37H42N2O5. The first-order valence-corrected chi connectivity index (χ1v) is 16.1. The van der Waals surface area contributed by atoms with E-state index in [1.807, 2.05) is 54.6 Å². The molecule has 1 aliphatic heterocycles. The maximum Gasteiger partial charge on any atom is 0.407 e. The fraction of sp³-hybridized carbons (Fsp3) is 0.432. The molecule has 0 aromatic heterocycles. The maximum atomic E-state index is 14.4. The molecule has 1 saturated carbocycles. The third-order valence-corrected chi connectivity index (χ3v) is 9.87. The zero-order valence-corrected chi connectivity index (χ0v) is 25.4. The Morgan fingerprint density at radius 2 is 1.45 bits per heavy atom. The Bertz CT molecular complexity index is 1440. The largest absolute Gasteiger partial charge is 0.459 e. The molecule has 2 N–H and O–H groups in total. The number of carbonyl (C=O) groups is 3. The van der Waals surface area contributed by atoms with Gasteiger partial charge in [-0.2, -0.15) is 0 Å². The van der Waals surface area contributed by atoms with Crippen LogP contribution >= 0.6 is 0 Å². The molecule has 2 unspecified atom stereocenters. The minimum atomic E-state index is -1.52. The molecule has 2 aliphatic carbocycles. The van der Waals surface area contributed by atoms with E-state index < -0.39 is 23.6 Å². The quantitative estimate of drug-likeness (QED) is 0.216. The summed E-state index contributed by atoms with van der Waals surface area (Å²) in [6.45, 7) is 2.41. The van der Waals surface area contributed by atoms with Gasteiger partial charge in [0.15, 0.2) is 11.3 Å². The van der Waals surface area contributed by atoms with E-state index >= 15 is 0 Å². The molecule has 0 spiro atoms. The van der Waals surface area contributed by atoms with Crippen molar-refractivity contribution < 1.29 is 23.9 Å². The lowest BCUT2D eigenvalue weighted by molar-refractivity contribution is -0.164. The Morgan fingerprint density at radius 1 is 0.818 bits per heavy atom. The summed E-state index contributed by atoms with van der Waals surface area (Å²) in [4.78, 5) is 41.6. The lowest BCUT2D eigenvalue weighted by atomic mass is 9.64. The number of carbonyl (C=O) groups excluding carboxylic acids is 3. The number of hydrogen-bond donors (Lipinski definition) is 2. The lowest BCUT2D eigenvalue weighted by Crippen LogP contribution is -2.70. The monoisotopic (exact) mass is 594 g/mol. The molecule has 7 nitrogen and oxygen atoms in total. The highest BCUT2D eigenvalue weighted by Crippen LogP contribution is 2.45. The van der Waals surface area contributed by atoms with Crippen LogP contribution in [-0.4, -0.2) is 42.6 Å². The highest BCUT2D eigenvalue weighted by atomic mass is 16.5. The van der Waals surface area contributed by atoms with E-state index in [0.717, 1.165) is 66.3 Å². The number of hydrogen-bond acceptors (Lipinski definition) is 6. The number of ketones is 1. The van der Waals surface area contributed by atoms with Crippen LogP contribution in [0, 0.1) is 11.8 Å². The van der Waals surface area contributed by atoms with E-state index in [-0.39, 0.29) is 36.8 Å². The zero-order chi connectivity index (χ0) is 30.5. The molecule has 1 saturated heterocycles. The highest BCUT2D eigenvalue weighted by Gasteiger charge is 2.57. The molecule has 1 heterocycles. The Balaban J connectivity index is 1.18. The second-order valence-corrected chi connectivity index (χ2v) is 12.5. The number of alkyl carbamates (subject to hydrolysis) is 1. The molecule has 3 atom stereocenters. The van der Waals surface area contributed by atoms with Gasteiger partial charge < -0.3 is 14.8 Å². The zero-order valence-electron chi connectivity index (χ0n) is 25.4. The first-order chi connectivity index (χ1) is 21.5. The summed E-state index contributed by atoms with van der Waals surface area (Å²) in [6.07, 6.45) is 6.32. The fourth-order valence-corrected chi connectivity index (χ4v) is 7.74. The molecule has 1 amide bonds. The van der Waals surface area contributed by atoms with Crippen molar-refractivity contribution in [1.82, 2.24) is 10.6 Å². The number of ether oxygens (including phenoxy) is 2.